The van der Waals surface area contributed by atoms with Crippen LogP contribution >= 0.6 is 0 Å². The van der Waals surface area contributed by atoms with Gasteiger partial charge in [0, 0.05) is 12.7 Å². The summed E-state index contributed by atoms with van der Waals surface area (Å²) >= 11 is 0. The second kappa shape index (κ2) is 5.50. The van der Waals surface area contributed by atoms with Crippen LogP contribution in [0.3, 0.4) is 0 Å². The molecule has 1 aliphatic rings. The average Bonchev–Trinajstić information content (AvgIpc) is 2.89. The molecule has 1 aromatic carbocycles. The number of nitrogens with two attached hydrogens (primary N) is 1. The van der Waals surface area contributed by atoms with E-state index in [2.05, 4.69) is 5.32 Å². The van der Waals surface area contributed by atoms with Gasteiger partial charge in [-0.2, -0.15) is 5.26 Å². The Labute approximate surface area is 132 Å². The highest BCUT2D eigenvalue weighted by Gasteiger charge is 2.25. The molecule has 0 fully saturated rings. The summed E-state index contributed by atoms with van der Waals surface area (Å²) in [6.45, 7) is 0.352. The Morgan fingerprint density at radius 1 is 1.48 bits per heavy atom. The molecule has 0 aliphatic carbocycles. The number of carbonyl (C=O) groups is 2. The fourth-order valence-corrected chi connectivity index (χ4v) is 2.74. The van der Waals surface area contributed by atoms with Gasteiger partial charge in [0.25, 0.3) is 0 Å². The van der Waals surface area contributed by atoms with Crippen LogP contribution in [-0.4, -0.2) is 23.6 Å². The van der Waals surface area contributed by atoms with E-state index in [1.807, 2.05) is 18.2 Å². The summed E-state index contributed by atoms with van der Waals surface area (Å²) in [6.07, 6.45) is 1.78. The second-order valence-corrected chi connectivity index (χ2v) is 5.15. The number of fused-ring (bicyclic) bond motifs is 1. The van der Waals surface area contributed by atoms with Crippen molar-refractivity contribution in [2.24, 2.45) is 0 Å². The van der Waals surface area contributed by atoms with Crippen LogP contribution in [0.25, 0.3) is 5.69 Å². The van der Waals surface area contributed by atoms with Crippen LogP contribution in [-0.2, 0) is 22.5 Å². The lowest BCUT2D eigenvalue weighted by molar-refractivity contribution is -0.121. The number of aromatic nitrogens is 1. The number of esters is 1. The van der Waals surface area contributed by atoms with Crippen molar-refractivity contribution in [3.8, 4) is 11.8 Å². The number of benzene rings is 1. The van der Waals surface area contributed by atoms with E-state index in [1.165, 1.54) is 13.3 Å². The Kier molecular flexibility index (Phi) is 3.50. The fraction of sp³-hybridized carbons (Fsp3) is 0.188. The number of hydrogen-bond acceptors (Lipinski definition) is 5. The molecular formula is C16H14N4O3. The molecule has 1 aliphatic heterocycles. The lowest BCUT2D eigenvalue weighted by atomic mass is 9.98. The molecule has 0 spiro atoms. The van der Waals surface area contributed by atoms with Gasteiger partial charge < -0.3 is 20.4 Å². The predicted octanol–water partition coefficient (Wildman–Crippen LogP) is 0.890. The van der Waals surface area contributed by atoms with E-state index in [9.17, 15) is 14.9 Å². The molecular weight excluding hydrogens is 296 g/mol. The van der Waals surface area contributed by atoms with Crippen molar-refractivity contribution >= 4 is 17.6 Å². The summed E-state index contributed by atoms with van der Waals surface area (Å²) < 4.78 is 6.33. The third kappa shape index (κ3) is 2.30. The largest absolute Gasteiger partial charge is 0.464 e. The van der Waals surface area contributed by atoms with E-state index in [4.69, 9.17) is 10.5 Å². The normalized spacial score (nSPS) is 13.0. The van der Waals surface area contributed by atoms with Gasteiger partial charge in [-0.1, -0.05) is 12.1 Å². The molecule has 116 valence electrons. The highest BCUT2D eigenvalue weighted by atomic mass is 16.5. The monoisotopic (exact) mass is 310 g/mol. The number of ether oxygens (including phenoxy) is 1. The first-order valence-corrected chi connectivity index (χ1v) is 6.94. The molecule has 0 saturated carbocycles. The SMILES string of the molecule is COC(=O)c1c(N)c(C#N)cn1-c1cccc2c1CNC(=O)C2. The molecule has 0 saturated heterocycles. The molecule has 1 aromatic heterocycles. The third-order valence-electron chi connectivity index (χ3n) is 3.86. The van der Waals surface area contributed by atoms with Crippen molar-refractivity contribution in [1.29, 1.82) is 5.26 Å². The van der Waals surface area contributed by atoms with Crippen LogP contribution in [0.15, 0.2) is 24.4 Å². The van der Waals surface area contributed by atoms with Crippen molar-refractivity contribution in [2.45, 2.75) is 13.0 Å². The van der Waals surface area contributed by atoms with Gasteiger partial charge in [0.1, 0.15) is 6.07 Å². The van der Waals surface area contributed by atoms with Crippen molar-refractivity contribution in [3.05, 3.63) is 46.8 Å². The van der Waals surface area contributed by atoms with Gasteiger partial charge in [0.2, 0.25) is 5.91 Å². The van der Waals surface area contributed by atoms with E-state index in [0.29, 0.717) is 12.2 Å². The third-order valence-corrected chi connectivity index (χ3v) is 3.86. The number of carbonyl (C=O) groups excluding carboxylic acids is 2. The lowest BCUT2D eigenvalue weighted by Gasteiger charge is -2.21. The number of methoxy groups -OCH3 is 1. The number of anilines is 1. The maximum atomic E-state index is 12.1. The molecule has 2 heterocycles. The van der Waals surface area contributed by atoms with Crippen molar-refractivity contribution < 1.29 is 14.3 Å². The summed E-state index contributed by atoms with van der Waals surface area (Å²) in [5.41, 5.74) is 8.76. The van der Waals surface area contributed by atoms with Gasteiger partial charge in [-0.3, -0.25) is 4.79 Å². The number of nitrogens with one attached hydrogen (secondary N) is 1. The van der Waals surface area contributed by atoms with Gasteiger partial charge in [0.15, 0.2) is 5.69 Å². The Morgan fingerprint density at radius 2 is 2.26 bits per heavy atom. The van der Waals surface area contributed by atoms with Crippen molar-refractivity contribution in [2.75, 3.05) is 12.8 Å². The van der Waals surface area contributed by atoms with Crippen LogP contribution < -0.4 is 11.1 Å². The Bertz CT molecular complexity index is 861. The Balaban J connectivity index is 2.24. The zero-order valence-electron chi connectivity index (χ0n) is 12.4. The lowest BCUT2D eigenvalue weighted by Crippen LogP contribution is -2.31. The molecule has 3 rings (SSSR count). The zero-order valence-corrected chi connectivity index (χ0v) is 12.4. The summed E-state index contributed by atoms with van der Waals surface area (Å²) in [4.78, 5) is 23.6. The first-order chi connectivity index (χ1) is 11.1. The van der Waals surface area contributed by atoms with E-state index in [1.54, 1.807) is 10.6 Å². The van der Waals surface area contributed by atoms with Gasteiger partial charge >= 0.3 is 5.97 Å². The highest BCUT2D eigenvalue weighted by molar-refractivity contribution is 5.96. The maximum Gasteiger partial charge on any atom is 0.357 e. The van der Waals surface area contributed by atoms with E-state index in [-0.39, 0.29) is 29.3 Å². The van der Waals surface area contributed by atoms with Crippen LogP contribution in [0.4, 0.5) is 5.69 Å². The molecule has 0 atom stereocenters. The van der Waals surface area contributed by atoms with Gasteiger partial charge in [0.05, 0.1) is 30.5 Å². The summed E-state index contributed by atoms with van der Waals surface area (Å²) in [7, 11) is 1.26. The molecule has 2 aromatic rings. The number of amides is 1. The van der Waals surface area contributed by atoms with Gasteiger partial charge in [-0.25, -0.2) is 4.79 Å². The number of nitrogens with zero attached hydrogens (tertiary/aromatic N) is 2. The predicted molar refractivity (Wildman–Crippen MR) is 81.8 cm³/mol. The molecule has 0 bridgehead atoms. The topological polar surface area (TPSA) is 110 Å². The average molecular weight is 310 g/mol. The van der Waals surface area contributed by atoms with Crippen LogP contribution in [0.1, 0.15) is 27.2 Å². The molecule has 3 N–H and O–H groups in total. The molecule has 1 amide bonds. The Morgan fingerprint density at radius 3 is 2.96 bits per heavy atom. The highest BCUT2D eigenvalue weighted by Crippen LogP contribution is 2.29. The maximum absolute atomic E-state index is 12.1. The summed E-state index contributed by atoms with van der Waals surface area (Å²) in [5.74, 6) is -0.672. The minimum absolute atomic E-state index is 0.0485. The minimum atomic E-state index is -0.624. The smallest absolute Gasteiger partial charge is 0.357 e. The van der Waals surface area contributed by atoms with Crippen molar-refractivity contribution in [1.82, 2.24) is 9.88 Å². The standard InChI is InChI=1S/C16H14N4O3/c1-23-16(22)15-14(18)10(6-17)8-20(15)12-4-2-3-9-5-13(21)19-7-11(9)12/h2-4,8H,5,7,18H2,1H3,(H,19,21). The minimum Gasteiger partial charge on any atom is -0.464 e. The van der Waals surface area contributed by atoms with Crippen LogP contribution in [0.2, 0.25) is 0 Å². The number of hydrogen-bond donors (Lipinski definition) is 2. The molecule has 23 heavy (non-hydrogen) atoms. The van der Waals surface area contributed by atoms with Gasteiger partial charge in [-0.15, -0.1) is 0 Å². The van der Waals surface area contributed by atoms with Gasteiger partial charge in [-0.05, 0) is 17.2 Å². The molecule has 7 nitrogen and oxygen atoms in total. The molecule has 0 unspecified atom stereocenters. The van der Waals surface area contributed by atoms with Crippen molar-refractivity contribution in [3.63, 3.8) is 0 Å². The van der Waals surface area contributed by atoms with E-state index in [0.717, 1.165) is 11.1 Å². The molecule has 7 heteroatoms. The number of rotatable bonds is 2. The van der Waals surface area contributed by atoms with Crippen LogP contribution in [0.5, 0.6) is 0 Å². The summed E-state index contributed by atoms with van der Waals surface area (Å²) in [6, 6.07) is 7.45. The first-order valence-electron chi connectivity index (χ1n) is 6.94. The van der Waals surface area contributed by atoms with Crippen LogP contribution in [0, 0.1) is 11.3 Å². The zero-order chi connectivity index (χ0) is 16.6. The van der Waals surface area contributed by atoms with E-state index >= 15 is 0 Å². The first kappa shape index (κ1) is 14.7. The fourth-order valence-electron chi connectivity index (χ4n) is 2.74. The quantitative estimate of drug-likeness (QED) is 0.800. The Hall–Kier alpha value is -3.27. The molecule has 0 radical (unpaired) electrons. The number of nitrogen functional groups attached to an aromatic ring is 1. The second-order valence-electron chi connectivity index (χ2n) is 5.15. The van der Waals surface area contributed by atoms with E-state index < -0.39 is 5.97 Å². The number of nitriles is 1. The summed E-state index contributed by atoms with van der Waals surface area (Å²) in [5, 5.41) is 12.0.